The maximum atomic E-state index is 10.3. The van der Waals surface area contributed by atoms with E-state index in [1.165, 1.54) is 0 Å². The number of carboxylic acid groups (broad SMARTS) is 3. The molecule has 4 N–H and O–H groups in total. The van der Waals surface area contributed by atoms with Crippen LogP contribution in [-0.2, 0) is 49.6 Å². The molecule has 0 aliphatic heterocycles. The summed E-state index contributed by atoms with van der Waals surface area (Å²) in [5, 5.41) is 57.5. The van der Waals surface area contributed by atoms with Crippen molar-refractivity contribution in [1.29, 1.82) is 15.8 Å². The molecule has 0 aromatic rings. The third-order valence-electron chi connectivity index (χ3n) is 1.49. The molecule has 0 unspecified atom stereocenters. The molecule has 0 bridgehead atoms. The van der Waals surface area contributed by atoms with Gasteiger partial charge in [0.25, 0.3) is 0 Å². The van der Waals surface area contributed by atoms with E-state index in [9.17, 15) is 14.4 Å². The summed E-state index contributed by atoms with van der Waals surface area (Å²) in [6.07, 6.45) is -2.29. The van der Waals surface area contributed by atoms with Gasteiger partial charge in [0.15, 0.2) is 5.60 Å². The fraction of sp³-hybridized carbons (Fsp3) is 0.333. The second-order valence-corrected chi connectivity index (χ2v) is 5.98. The molecule has 121 valence electrons. The first-order chi connectivity index (χ1) is 9.12. The van der Waals surface area contributed by atoms with Crippen LogP contribution in [0.2, 0.25) is 0 Å². The van der Waals surface area contributed by atoms with Crippen molar-refractivity contribution >= 4 is 17.9 Å². The fourth-order valence-corrected chi connectivity index (χ4v) is 1.08. The minimum absolute atomic E-state index is 0. The molecule has 0 aromatic heterocycles. The number of aliphatic hydroxyl groups is 1. The molecular formula is C9H8AuCoN3O7. The summed E-state index contributed by atoms with van der Waals surface area (Å²) in [4.78, 5) is 30.5. The Hall–Kier alpha value is -1.91. The van der Waals surface area contributed by atoms with E-state index in [0.717, 1.165) is 0 Å². The van der Waals surface area contributed by atoms with Crippen LogP contribution in [0.4, 0.5) is 0 Å². The molecule has 0 aromatic carbocycles. The fourth-order valence-electron chi connectivity index (χ4n) is 0.759. The van der Waals surface area contributed by atoms with Gasteiger partial charge in [-0.05, 0) is 0 Å². The molecule has 0 atom stereocenters. The van der Waals surface area contributed by atoms with E-state index in [0.29, 0.717) is 0 Å². The van der Waals surface area contributed by atoms with Gasteiger partial charge in [-0.3, -0.25) is 9.59 Å². The molecule has 0 amide bonds. The average molecular weight is 526 g/mol. The number of hydrogen-bond donors (Lipinski definition) is 4. The number of aliphatic carboxylic acids is 3. The zero-order valence-corrected chi connectivity index (χ0v) is 13.1. The van der Waals surface area contributed by atoms with Crippen molar-refractivity contribution < 1.29 is 70.0 Å². The van der Waals surface area contributed by atoms with Gasteiger partial charge in [-0.15, -0.1) is 0 Å². The molecular weight excluding hydrogens is 518 g/mol. The molecule has 21 heavy (non-hydrogen) atoms. The van der Waals surface area contributed by atoms with E-state index < -0.39 is 54.8 Å². The van der Waals surface area contributed by atoms with Crippen molar-refractivity contribution in [2.45, 2.75) is 18.4 Å². The number of carboxylic acids is 3. The Kier molecular flexibility index (Phi) is 13.6. The van der Waals surface area contributed by atoms with Crippen LogP contribution < -0.4 is 0 Å². The smallest absolute Gasteiger partial charge is 0.336 e. The molecule has 0 rings (SSSR count). The van der Waals surface area contributed by atoms with Gasteiger partial charge in [-0.1, -0.05) is 0 Å². The Labute approximate surface area is 135 Å². The van der Waals surface area contributed by atoms with Gasteiger partial charge in [0, 0.05) is 16.8 Å². The summed E-state index contributed by atoms with van der Waals surface area (Å²) in [5.74, 6) is -5.02. The van der Waals surface area contributed by atoms with Crippen molar-refractivity contribution in [3.63, 3.8) is 0 Å². The number of nitriles is 3. The van der Waals surface area contributed by atoms with Crippen LogP contribution in [0.3, 0.4) is 0 Å². The Balaban J connectivity index is -0.000000347. The van der Waals surface area contributed by atoms with E-state index in [1.807, 2.05) is 0 Å². The number of nitrogens with zero attached hydrogens (tertiary/aromatic N) is 3. The minimum atomic E-state index is -2.74. The molecule has 10 nitrogen and oxygen atoms in total. The molecule has 0 heterocycles. The van der Waals surface area contributed by atoms with Gasteiger partial charge < -0.3 is 20.4 Å². The van der Waals surface area contributed by atoms with Crippen molar-refractivity contribution in [3.8, 4) is 12.9 Å². The van der Waals surface area contributed by atoms with Crippen molar-refractivity contribution in [2.24, 2.45) is 0 Å². The van der Waals surface area contributed by atoms with E-state index in [1.54, 1.807) is 12.9 Å². The van der Waals surface area contributed by atoms with Crippen LogP contribution in [0.15, 0.2) is 0 Å². The monoisotopic (exact) mass is 526 g/mol. The SMILES string of the molecule is N#[C][Au]([C]#N)[C]#N.O=C(O)CC(O)(CC(=O)O)C(=O)O.[Co]. The van der Waals surface area contributed by atoms with Crippen LogP contribution in [0, 0.1) is 28.6 Å². The second-order valence-electron chi connectivity index (χ2n) is 2.91. The molecule has 0 aliphatic rings. The van der Waals surface area contributed by atoms with Crippen LogP contribution in [0.5, 0.6) is 0 Å². The third-order valence-corrected chi connectivity index (χ3v) is 2.94. The third kappa shape index (κ3) is 11.6. The summed E-state index contributed by atoms with van der Waals surface area (Å²) in [6, 6.07) is 0. The zero-order valence-electron chi connectivity index (χ0n) is 9.90. The van der Waals surface area contributed by atoms with Gasteiger partial charge in [0.1, 0.15) is 0 Å². The number of carbonyl (C=O) groups is 3. The van der Waals surface area contributed by atoms with Gasteiger partial charge in [0.2, 0.25) is 0 Å². The molecule has 0 spiro atoms. The molecule has 0 fully saturated rings. The van der Waals surface area contributed by atoms with Crippen molar-refractivity contribution in [3.05, 3.63) is 0 Å². The maximum Gasteiger partial charge on any atom is 0.336 e. The van der Waals surface area contributed by atoms with E-state index in [-0.39, 0.29) is 16.8 Å². The Morgan fingerprint density at radius 3 is 1.29 bits per heavy atom. The quantitative estimate of drug-likeness (QED) is 0.315. The first-order valence-corrected chi connectivity index (χ1v) is 7.54. The Morgan fingerprint density at radius 1 is 0.905 bits per heavy atom. The van der Waals surface area contributed by atoms with Crippen LogP contribution in [0.1, 0.15) is 12.8 Å². The molecule has 1 radical (unpaired) electrons. The Bertz CT molecular complexity index is 470. The van der Waals surface area contributed by atoms with Gasteiger partial charge in [0.05, 0.1) is 12.8 Å². The predicted octanol–water partition coefficient (Wildman–Crippen LogP) is -1.20. The summed E-state index contributed by atoms with van der Waals surface area (Å²) >= 11 is -2.33. The summed E-state index contributed by atoms with van der Waals surface area (Å²) in [5.41, 5.74) is -2.74. The normalized spacial score (nSPS) is 9.14. The average Bonchev–Trinajstić information content (AvgIpc) is 2.29. The van der Waals surface area contributed by atoms with Crippen molar-refractivity contribution in [1.82, 2.24) is 0 Å². The van der Waals surface area contributed by atoms with Gasteiger partial charge in [-0.2, -0.15) is 0 Å². The first kappa shape index (κ1) is 24.1. The summed E-state index contributed by atoms with van der Waals surface area (Å²) < 4.78 is 4.88. The molecule has 0 saturated carbocycles. The predicted molar refractivity (Wildman–Crippen MR) is 53.9 cm³/mol. The van der Waals surface area contributed by atoms with Crippen LogP contribution in [0.25, 0.3) is 0 Å². The van der Waals surface area contributed by atoms with Crippen LogP contribution >= 0.6 is 0 Å². The first-order valence-electron chi connectivity index (χ1n) is 4.29. The second kappa shape index (κ2) is 11.9. The van der Waals surface area contributed by atoms with E-state index >= 15 is 0 Å². The Morgan fingerprint density at radius 2 is 1.19 bits per heavy atom. The maximum absolute atomic E-state index is 10.3. The summed E-state index contributed by atoms with van der Waals surface area (Å²) in [6.45, 7) is 0. The molecule has 12 heteroatoms. The molecule has 0 aliphatic carbocycles. The number of rotatable bonds is 5. The van der Waals surface area contributed by atoms with Gasteiger partial charge >= 0.3 is 65.0 Å². The van der Waals surface area contributed by atoms with E-state index in [2.05, 4.69) is 0 Å². The topological polar surface area (TPSA) is 203 Å². The zero-order chi connectivity index (χ0) is 16.3. The van der Waals surface area contributed by atoms with Crippen LogP contribution in [-0.4, -0.2) is 43.9 Å². The van der Waals surface area contributed by atoms with Crippen molar-refractivity contribution in [2.75, 3.05) is 0 Å². The van der Waals surface area contributed by atoms with E-state index in [4.69, 9.17) is 36.2 Å². The number of hydrogen-bond acceptors (Lipinski definition) is 7. The minimum Gasteiger partial charge on any atom is -0.481 e. The standard InChI is InChI=1S/C6H8O7.3CN.Au.Co/c7-3(8)1-6(13,5(11)12)2-4(9)10;3*1-2;;/h13H,1-2H2,(H,7,8)(H,9,10)(H,11,12);;;;;. The summed E-state index contributed by atoms with van der Waals surface area (Å²) in [7, 11) is 0. The largest absolute Gasteiger partial charge is 0.481 e. The molecule has 0 saturated heterocycles. The van der Waals surface area contributed by atoms with Gasteiger partial charge in [-0.25, -0.2) is 4.79 Å².